The van der Waals surface area contributed by atoms with Crippen molar-refractivity contribution in [3.63, 3.8) is 0 Å². The number of likely N-dealkylation sites (tertiary alicyclic amines) is 1. The molecule has 2 nitrogen and oxygen atoms in total. The third-order valence-corrected chi connectivity index (χ3v) is 6.26. The molecular weight excluding hydrogens is 244 g/mol. The Labute approximate surface area is 125 Å². The van der Waals surface area contributed by atoms with Gasteiger partial charge >= 0.3 is 0 Å². The molecule has 3 aliphatic rings. The average molecular weight is 278 g/mol. The van der Waals surface area contributed by atoms with Crippen LogP contribution < -0.4 is 5.32 Å². The van der Waals surface area contributed by atoms with E-state index in [-0.39, 0.29) is 0 Å². The van der Waals surface area contributed by atoms with E-state index in [0.717, 1.165) is 23.8 Å². The molecule has 2 saturated heterocycles. The normalized spacial score (nSPS) is 39.8. The lowest BCUT2D eigenvalue weighted by molar-refractivity contribution is 0.130. The maximum Gasteiger partial charge on any atom is 0.0235 e. The van der Waals surface area contributed by atoms with Crippen molar-refractivity contribution < 1.29 is 0 Å². The van der Waals surface area contributed by atoms with Crippen molar-refractivity contribution in [1.82, 2.24) is 10.2 Å². The molecule has 0 radical (unpaired) electrons. The second-order valence-electron chi connectivity index (χ2n) is 8.77. The van der Waals surface area contributed by atoms with Gasteiger partial charge in [-0.25, -0.2) is 0 Å². The molecule has 0 amide bonds. The van der Waals surface area contributed by atoms with E-state index in [1.807, 2.05) is 0 Å². The lowest BCUT2D eigenvalue weighted by atomic mass is 9.70. The zero-order valence-electron chi connectivity index (χ0n) is 13.8. The Kier molecular flexibility index (Phi) is 4.42. The van der Waals surface area contributed by atoms with Gasteiger partial charge in [0.1, 0.15) is 0 Å². The van der Waals surface area contributed by atoms with E-state index in [1.165, 1.54) is 64.7 Å². The highest BCUT2D eigenvalue weighted by molar-refractivity contribution is 4.93. The summed E-state index contributed by atoms with van der Waals surface area (Å²) in [5.41, 5.74) is 0.525. The van der Waals surface area contributed by atoms with E-state index < -0.39 is 0 Å². The minimum atomic E-state index is 0.525. The Hall–Kier alpha value is -0.0800. The van der Waals surface area contributed by atoms with Crippen LogP contribution in [0, 0.1) is 23.2 Å². The summed E-state index contributed by atoms with van der Waals surface area (Å²) in [4.78, 5) is 2.77. The monoisotopic (exact) mass is 278 g/mol. The van der Waals surface area contributed by atoms with Crippen LogP contribution in [0.1, 0.15) is 59.3 Å². The Morgan fingerprint density at radius 3 is 2.40 bits per heavy atom. The molecule has 0 bridgehead atoms. The number of fused-ring (bicyclic) bond motifs is 1. The molecule has 1 aliphatic carbocycles. The first kappa shape index (κ1) is 14.8. The largest absolute Gasteiger partial charge is 0.312 e. The fourth-order valence-electron chi connectivity index (χ4n) is 4.86. The van der Waals surface area contributed by atoms with Gasteiger partial charge in [0, 0.05) is 25.7 Å². The Morgan fingerprint density at radius 1 is 1.00 bits per heavy atom. The number of hydrogen-bond acceptors (Lipinski definition) is 2. The van der Waals surface area contributed by atoms with Gasteiger partial charge in [0.25, 0.3) is 0 Å². The van der Waals surface area contributed by atoms with Gasteiger partial charge in [-0.3, -0.25) is 0 Å². The molecule has 116 valence electrons. The van der Waals surface area contributed by atoms with E-state index in [4.69, 9.17) is 0 Å². The summed E-state index contributed by atoms with van der Waals surface area (Å²) in [7, 11) is 0. The second-order valence-corrected chi connectivity index (χ2v) is 8.77. The quantitative estimate of drug-likeness (QED) is 0.831. The lowest BCUT2D eigenvalue weighted by Crippen LogP contribution is -2.41. The molecule has 0 aromatic carbocycles. The van der Waals surface area contributed by atoms with Crippen LogP contribution in [0.25, 0.3) is 0 Å². The average Bonchev–Trinajstić information content (AvgIpc) is 2.80. The number of piperidine rings is 1. The Balaban J connectivity index is 1.44. The zero-order chi connectivity index (χ0) is 14.2. The van der Waals surface area contributed by atoms with Gasteiger partial charge in [-0.15, -0.1) is 0 Å². The van der Waals surface area contributed by atoms with E-state index in [1.54, 1.807) is 0 Å². The van der Waals surface area contributed by atoms with Gasteiger partial charge in [-0.1, -0.05) is 20.8 Å². The first-order valence-electron chi connectivity index (χ1n) is 8.98. The van der Waals surface area contributed by atoms with Crippen LogP contribution in [-0.4, -0.2) is 37.1 Å². The van der Waals surface area contributed by atoms with Crippen LogP contribution in [0.15, 0.2) is 0 Å². The van der Waals surface area contributed by atoms with Crippen LogP contribution in [0.5, 0.6) is 0 Å². The van der Waals surface area contributed by atoms with Crippen LogP contribution >= 0.6 is 0 Å². The molecule has 0 aromatic rings. The topological polar surface area (TPSA) is 15.3 Å². The van der Waals surface area contributed by atoms with Crippen LogP contribution in [0.2, 0.25) is 0 Å². The van der Waals surface area contributed by atoms with E-state index in [9.17, 15) is 0 Å². The molecule has 1 N–H and O–H groups in total. The van der Waals surface area contributed by atoms with E-state index >= 15 is 0 Å². The molecule has 3 rings (SSSR count). The lowest BCUT2D eigenvalue weighted by Gasteiger charge is -2.38. The first-order chi connectivity index (χ1) is 9.52. The van der Waals surface area contributed by atoms with Crippen molar-refractivity contribution in [1.29, 1.82) is 0 Å². The predicted molar refractivity (Wildman–Crippen MR) is 85.9 cm³/mol. The van der Waals surface area contributed by atoms with Crippen molar-refractivity contribution in [3.8, 4) is 0 Å². The second kappa shape index (κ2) is 5.96. The third kappa shape index (κ3) is 3.39. The first-order valence-corrected chi connectivity index (χ1v) is 8.98. The summed E-state index contributed by atoms with van der Waals surface area (Å²) in [6.45, 7) is 12.6. The highest BCUT2D eigenvalue weighted by Gasteiger charge is 2.36. The molecule has 0 aromatic heterocycles. The molecule has 2 atom stereocenters. The van der Waals surface area contributed by atoms with Gasteiger partial charge < -0.3 is 10.2 Å². The summed E-state index contributed by atoms with van der Waals surface area (Å²) in [6, 6.07) is 0.815. The molecular formula is C18H34N2. The zero-order valence-corrected chi connectivity index (χ0v) is 13.8. The van der Waals surface area contributed by atoms with Crippen molar-refractivity contribution in [3.05, 3.63) is 0 Å². The molecule has 2 unspecified atom stereocenters. The van der Waals surface area contributed by atoms with Crippen LogP contribution in [0.3, 0.4) is 0 Å². The maximum absolute atomic E-state index is 3.73. The van der Waals surface area contributed by atoms with E-state index in [0.29, 0.717) is 5.41 Å². The summed E-state index contributed by atoms with van der Waals surface area (Å²) in [5.74, 6) is 2.89. The number of nitrogens with zero attached hydrogens (tertiary/aromatic N) is 1. The number of nitrogens with one attached hydrogen (secondary N) is 1. The molecule has 2 aliphatic heterocycles. The van der Waals surface area contributed by atoms with Gasteiger partial charge in [0.05, 0.1) is 0 Å². The Morgan fingerprint density at radius 2 is 1.75 bits per heavy atom. The van der Waals surface area contributed by atoms with Gasteiger partial charge in [-0.2, -0.15) is 0 Å². The number of hydrogen-bond donors (Lipinski definition) is 1. The molecule has 0 spiro atoms. The summed E-state index contributed by atoms with van der Waals surface area (Å²) in [6.07, 6.45) is 8.74. The third-order valence-electron chi connectivity index (χ3n) is 6.26. The van der Waals surface area contributed by atoms with Gasteiger partial charge in [0.15, 0.2) is 0 Å². The predicted octanol–water partition coefficient (Wildman–Crippen LogP) is 3.52. The number of rotatable bonds is 2. The molecule has 1 saturated carbocycles. The smallest absolute Gasteiger partial charge is 0.0235 e. The van der Waals surface area contributed by atoms with Gasteiger partial charge in [-0.05, 0) is 68.2 Å². The Bertz CT molecular complexity index is 298. The highest BCUT2D eigenvalue weighted by Crippen LogP contribution is 2.40. The summed E-state index contributed by atoms with van der Waals surface area (Å²) < 4.78 is 0. The van der Waals surface area contributed by atoms with Crippen molar-refractivity contribution >= 4 is 0 Å². The fraction of sp³-hybridized carbons (Fsp3) is 1.00. The maximum atomic E-state index is 3.73. The van der Waals surface area contributed by atoms with Gasteiger partial charge in [0.2, 0.25) is 0 Å². The molecule has 20 heavy (non-hydrogen) atoms. The van der Waals surface area contributed by atoms with Crippen molar-refractivity contribution in [2.24, 2.45) is 23.2 Å². The molecule has 2 heteroatoms. The minimum absolute atomic E-state index is 0.525. The minimum Gasteiger partial charge on any atom is -0.312 e. The SMILES string of the molecule is CC(C)(C)C1CCC(CN2CC3CCCNC3C2)CC1. The standard InChI is InChI=1S/C18H34N2/c1-18(2,3)16-8-6-14(7-9-16)11-20-12-15-5-4-10-19-17(15)13-20/h14-17,19H,4-13H2,1-3H3. The molecule has 2 heterocycles. The fourth-order valence-corrected chi connectivity index (χ4v) is 4.86. The summed E-state index contributed by atoms with van der Waals surface area (Å²) in [5, 5.41) is 3.73. The van der Waals surface area contributed by atoms with Crippen LogP contribution in [0.4, 0.5) is 0 Å². The molecule has 3 fully saturated rings. The van der Waals surface area contributed by atoms with Crippen molar-refractivity contribution in [2.45, 2.75) is 65.3 Å². The van der Waals surface area contributed by atoms with Crippen LogP contribution in [-0.2, 0) is 0 Å². The highest BCUT2D eigenvalue weighted by atomic mass is 15.2. The van der Waals surface area contributed by atoms with Crippen molar-refractivity contribution in [2.75, 3.05) is 26.2 Å². The summed E-state index contributed by atoms with van der Waals surface area (Å²) >= 11 is 0. The van der Waals surface area contributed by atoms with E-state index in [2.05, 4.69) is 31.0 Å².